The first-order valence-corrected chi connectivity index (χ1v) is 12.9. The lowest BCUT2D eigenvalue weighted by molar-refractivity contribution is 0.0998. The predicted octanol–water partition coefficient (Wildman–Crippen LogP) is 3.29. The number of rotatable bonds is 8. The highest BCUT2D eigenvalue weighted by Crippen LogP contribution is 2.35. The highest BCUT2D eigenvalue weighted by Gasteiger charge is 2.32. The van der Waals surface area contributed by atoms with Gasteiger partial charge in [0.15, 0.2) is 0 Å². The molecule has 10 heteroatoms. The Morgan fingerprint density at radius 2 is 1.82 bits per heavy atom. The molecule has 1 fully saturated rings. The number of nitrogens with two attached hydrogens (primary N) is 2. The van der Waals surface area contributed by atoms with Gasteiger partial charge in [0.1, 0.15) is 18.0 Å². The van der Waals surface area contributed by atoms with Crippen LogP contribution in [0.25, 0.3) is 10.9 Å². The summed E-state index contributed by atoms with van der Waals surface area (Å²) in [7, 11) is 1.90. The number of primary amides is 1. The van der Waals surface area contributed by atoms with Gasteiger partial charge in [-0.1, -0.05) is 18.2 Å². The quantitative estimate of drug-likeness (QED) is 0.319. The molecule has 5 N–H and O–H groups in total. The van der Waals surface area contributed by atoms with Crippen LogP contribution in [0.15, 0.2) is 67.1 Å². The van der Waals surface area contributed by atoms with E-state index in [2.05, 4.69) is 25.2 Å². The number of amides is 2. The van der Waals surface area contributed by atoms with Crippen molar-refractivity contribution in [2.45, 2.75) is 25.3 Å². The zero-order chi connectivity index (χ0) is 27.6. The lowest BCUT2D eigenvalue weighted by atomic mass is 9.89. The van der Waals surface area contributed by atoms with Gasteiger partial charge in [0.2, 0.25) is 0 Å². The van der Waals surface area contributed by atoms with E-state index >= 15 is 0 Å². The van der Waals surface area contributed by atoms with Crippen LogP contribution in [0.5, 0.6) is 0 Å². The third-order valence-corrected chi connectivity index (χ3v) is 7.54. The van der Waals surface area contributed by atoms with Crippen LogP contribution in [-0.4, -0.2) is 53.4 Å². The van der Waals surface area contributed by atoms with Crippen molar-refractivity contribution in [1.29, 1.82) is 0 Å². The van der Waals surface area contributed by atoms with Crippen molar-refractivity contribution in [1.82, 2.24) is 15.0 Å². The number of likely N-dealkylation sites (N-methyl/N-ethyl adjacent to an activating group) is 1. The minimum Gasteiger partial charge on any atom is -0.366 e. The van der Waals surface area contributed by atoms with Gasteiger partial charge in [-0.15, -0.1) is 0 Å². The number of aromatic nitrogens is 3. The molecule has 0 aliphatic carbocycles. The maximum atomic E-state index is 13.2. The summed E-state index contributed by atoms with van der Waals surface area (Å²) in [6.45, 7) is 4.17. The number of para-hydroxylation sites is 1. The van der Waals surface area contributed by atoms with Crippen molar-refractivity contribution in [3.8, 4) is 0 Å². The van der Waals surface area contributed by atoms with Gasteiger partial charge in [-0.3, -0.25) is 9.59 Å². The maximum Gasteiger partial charge on any atom is 0.255 e. The number of nitrogens with zero attached hydrogens (tertiary/aromatic N) is 5. The molecule has 4 aromatic rings. The normalized spacial score (nSPS) is 14.7. The molecule has 1 aliphatic rings. The second kappa shape index (κ2) is 10.7. The number of carbonyl (C=O) groups excluding carboxylic acids is 2. The molecule has 2 aromatic heterocycles. The Balaban J connectivity index is 1.43. The molecule has 10 nitrogen and oxygen atoms in total. The van der Waals surface area contributed by atoms with Gasteiger partial charge in [0, 0.05) is 49.5 Å². The fourth-order valence-electron chi connectivity index (χ4n) is 5.04. The highest BCUT2D eigenvalue weighted by atomic mass is 16.2. The Morgan fingerprint density at radius 3 is 2.56 bits per heavy atom. The Hall–Kier alpha value is -4.57. The zero-order valence-electron chi connectivity index (χ0n) is 22.1. The van der Waals surface area contributed by atoms with Crippen molar-refractivity contribution < 1.29 is 9.59 Å². The van der Waals surface area contributed by atoms with Gasteiger partial charge < -0.3 is 26.6 Å². The van der Waals surface area contributed by atoms with E-state index in [0.29, 0.717) is 33.5 Å². The average molecular weight is 525 g/mol. The molecule has 0 saturated carbocycles. The number of anilines is 3. The first kappa shape index (κ1) is 26.1. The molecule has 0 spiro atoms. The summed E-state index contributed by atoms with van der Waals surface area (Å²) in [6, 6.07) is 16.4. The van der Waals surface area contributed by atoms with Crippen LogP contribution in [0.1, 0.15) is 46.0 Å². The SMILES string of the molecule is CN(c1ncnc2c(C(N)=O)cccc12)C(C)(CN)c1cccc(NC(=O)c2ccnc(N3CCCC3)c2)c1. The monoisotopic (exact) mass is 524 g/mol. The van der Waals surface area contributed by atoms with Crippen LogP contribution in [0.2, 0.25) is 0 Å². The lowest BCUT2D eigenvalue weighted by Crippen LogP contribution is -2.47. The molecule has 5 rings (SSSR count). The Morgan fingerprint density at radius 1 is 1.05 bits per heavy atom. The van der Waals surface area contributed by atoms with Crippen molar-refractivity contribution in [3.63, 3.8) is 0 Å². The molecule has 0 radical (unpaired) electrons. The molecule has 200 valence electrons. The van der Waals surface area contributed by atoms with Gasteiger partial charge in [-0.2, -0.15) is 0 Å². The van der Waals surface area contributed by atoms with Crippen LogP contribution in [0.4, 0.5) is 17.3 Å². The van der Waals surface area contributed by atoms with E-state index < -0.39 is 11.4 Å². The number of nitrogens with one attached hydrogen (secondary N) is 1. The predicted molar refractivity (Wildman–Crippen MR) is 153 cm³/mol. The molecule has 1 unspecified atom stereocenters. The minimum absolute atomic E-state index is 0.210. The van der Waals surface area contributed by atoms with Crippen LogP contribution in [0.3, 0.4) is 0 Å². The summed E-state index contributed by atoms with van der Waals surface area (Å²) >= 11 is 0. The fourth-order valence-corrected chi connectivity index (χ4v) is 5.04. The molecule has 1 saturated heterocycles. The van der Waals surface area contributed by atoms with E-state index in [9.17, 15) is 9.59 Å². The van der Waals surface area contributed by atoms with Crippen LogP contribution in [-0.2, 0) is 5.54 Å². The van der Waals surface area contributed by atoms with Gasteiger partial charge in [-0.25, -0.2) is 15.0 Å². The van der Waals surface area contributed by atoms with Gasteiger partial charge in [-0.05, 0) is 61.7 Å². The Bertz CT molecular complexity index is 1540. The van der Waals surface area contributed by atoms with Crippen molar-refractivity contribution in [3.05, 3.63) is 83.8 Å². The molecule has 39 heavy (non-hydrogen) atoms. The van der Waals surface area contributed by atoms with E-state index in [-0.39, 0.29) is 12.5 Å². The second-order valence-electron chi connectivity index (χ2n) is 9.93. The fraction of sp³-hybridized carbons (Fsp3) is 0.276. The molecule has 0 bridgehead atoms. The first-order valence-electron chi connectivity index (χ1n) is 12.9. The number of carbonyl (C=O) groups is 2. The van der Waals surface area contributed by atoms with Crippen molar-refractivity contribution >= 4 is 40.0 Å². The summed E-state index contributed by atoms with van der Waals surface area (Å²) in [6.07, 6.45) is 5.36. The second-order valence-corrected chi connectivity index (χ2v) is 9.93. The Labute approximate surface area is 227 Å². The smallest absolute Gasteiger partial charge is 0.255 e. The average Bonchev–Trinajstić information content (AvgIpc) is 3.51. The molecule has 1 aliphatic heterocycles. The number of pyridine rings is 1. The zero-order valence-corrected chi connectivity index (χ0v) is 22.1. The number of fused-ring (bicyclic) bond motifs is 1. The summed E-state index contributed by atoms with van der Waals surface area (Å²) in [5.74, 6) is 0.665. The van der Waals surface area contributed by atoms with E-state index in [1.807, 2.05) is 55.3 Å². The van der Waals surface area contributed by atoms with E-state index in [0.717, 1.165) is 37.3 Å². The topological polar surface area (TPSA) is 143 Å². The van der Waals surface area contributed by atoms with Crippen LogP contribution >= 0.6 is 0 Å². The summed E-state index contributed by atoms with van der Waals surface area (Å²) in [4.78, 5) is 42.6. The molecule has 2 aromatic carbocycles. The molecular weight excluding hydrogens is 492 g/mol. The molecular formula is C29H32N8O2. The first-order chi connectivity index (χ1) is 18.8. The summed E-state index contributed by atoms with van der Waals surface area (Å²) in [5.41, 5.74) is 14.1. The summed E-state index contributed by atoms with van der Waals surface area (Å²) in [5, 5.41) is 3.71. The molecule has 2 amide bonds. The largest absolute Gasteiger partial charge is 0.366 e. The maximum absolute atomic E-state index is 13.2. The van der Waals surface area contributed by atoms with Crippen LogP contribution in [0, 0.1) is 0 Å². The highest BCUT2D eigenvalue weighted by molar-refractivity contribution is 6.07. The van der Waals surface area contributed by atoms with Gasteiger partial charge in [0.25, 0.3) is 11.8 Å². The van der Waals surface area contributed by atoms with Crippen LogP contribution < -0.4 is 26.6 Å². The third-order valence-electron chi connectivity index (χ3n) is 7.54. The third kappa shape index (κ3) is 4.98. The number of hydrogen-bond acceptors (Lipinski definition) is 8. The van der Waals surface area contributed by atoms with Gasteiger partial charge >= 0.3 is 0 Å². The van der Waals surface area contributed by atoms with Crippen molar-refractivity contribution in [2.75, 3.05) is 41.8 Å². The van der Waals surface area contributed by atoms with E-state index in [1.54, 1.807) is 24.4 Å². The number of benzene rings is 2. The van der Waals surface area contributed by atoms with E-state index in [4.69, 9.17) is 11.5 Å². The minimum atomic E-state index is -0.704. The Kier molecular flexibility index (Phi) is 7.12. The lowest BCUT2D eigenvalue weighted by Gasteiger charge is -2.40. The summed E-state index contributed by atoms with van der Waals surface area (Å²) < 4.78 is 0. The molecule has 3 heterocycles. The standard InChI is InChI=1S/C29H32N8O2/c1-29(17-30,36(2)27-23-10-6-9-22(26(31)38)25(23)33-18-34-27)20-7-5-8-21(16-20)35-28(39)19-11-12-32-24(15-19)37-13-3-4-14-37/h5-12,15-16,18H,3-4,13-14,17,30H2,1-2H3,(H2,31,38)(H,35,39). The van der Waals surface area contributed by atoms with E-state index in [1.165, 1.54) is 6.33 Å². The number of hydrogen-bond donors (Lipinski definition) is 3. The van der Waals surface area contributed by atoms with Crippen molar-refractivity contribution in [2.24, 2.45) is 11.5 Å². The van der Waals surface area contributed by atoms with Gasteiger partial charge in [0.05, 0.1) is 16.6 Å². The molecule has 1 atom stereocenters.